The molecular formula is C10H17N7O2. The number of carbonyl (C=O) groups excluding carboxylic acids is 1. The maximum atomic E-state index is 10.7. The van der Waals surface area contributed by atoms with Gasteiger partial charge in [0.1, 0.15) is 12.3 Å². The number of ether oxygens (including phenoxy) is 1. The van der Waals surface area contributed by atoms with Crippen molar-refractivity contribution in [3.63, 3.8) is 0 Å². The minimum atomic E-state index is -0.836. The lowest BCUT2D eigenvalue weighted by molar-refractivity contribution is 0.0834. The van der Waals surface area contributed by atoms with Gasteiger partial charge in [-0.25, -0.2) is 4.79 Å². The van der Waals surface area contributed by atoms with Gasteiger partial charge in [-0.15, -0.1) is 0 Å². The van der Waals surface area contributed by atoms with E-state index in [4.69, 9.17) is 21.3 Å². The van der Waals surface area contributed by atoms with Gasteiger partial charge in [0.05, 0.1) is 12.1 Å². The molecule has 0 aromatic heterocycles. The molecule has 0 saturated carbocycles. The minimum absolute atomic E-state index is 0.0694. The molecule has 0 radical (unpaired) electrons. The number of nitrogens with two attached hydrogens (primary N) is 1. The molecule has 104 valence electrons. The zero-order valence-electron chi connectivity index (χ0n) is 10.3. The predicted molar refractivity (Wildman–Crippen MR) is 66.6 cm³/mol. The van der Waals surface area contributed by atoms with E-state index >= 15 is 0 Å². The Bertz CT molecular complexity index is 453. The van der Waals surface area contributed by atoms with E-state index < -0.39 is 11.8 Å². The van der Waals surface area contributed by atoms with Crippen molar-refractivity contribution in [3.05, 3.63) is 0 Å². The number of amides is 1. The average Bonchev–Trinajstić information content (AvgIpc) is 2.89. The van der Waals surface area contributed by atoms with Crippen LogP contribution in [0.15, 0.2) is 0 Å². The van der Waals surface area contributed by atoms with Gasteiger partial charge in [-0.3, -0.25) is 10.8 Å². The fraction of sp³-hybridized carbons (Fsp3) is 0.700. The van der Waals surface area contributed by atoms with Crippen LogP contribution in [0, 0.1) is 10.8 Å². The standard InChI is InChI=1S/C10H17N7O2/c11-7-15-6-5(4-19-9(13)18)14-8(12)17-3-1-2-10(6,17)16-7/h5-6H,1-4H2,(H2,12,14)(H2,13,18)(H3,11,15,16)/t5?,6-,10?/m0/s1. The molecule has 3 aliphatic heterocycles. The van der Waals surface area contributed by atoms with Crippen LogP contribution in [-0.4, -0.2) is 53.8 Å². The van der Waals surface area contributed by atoms with Crippen molar-refractivity contribution in [1.82, 2.24) is 20.9 Å². The first-order valence-corrected chi connectivity index (χ1v) is 6.21. The molecule has 1 spiro atoms. The van der Waals surface area contributed by atoms with Crippen molar-refractivity contribution >= 4 is 18.0 Å². The SMILES string of the molecule is N=C1N[C@H]2C(COC(N)=O)NC(=N)N3CCCC23N1. The summed E-state index contributed by atoms with van der Waals surface area (Å²) in [6, 6.07) is -0.430. The molecule has 3 fully saturated rings. The van der Waals surface area contributed by atoms with E-state index in [-0.39, 0.29) is 30.6 Å². The highest BCUT2D eigenvalue weighted by molar-refractivity contribution is 5.86. The quantitative estimate of drug-likeness (QED) is 0.351. The summed E-state index contributed by atoms with van der Waals surface area (Å²) in [4.78, 5) is 12.7. The van der Waals surface area contributed by atoms with Crippen molar-refractivity contribution in [2.75, 3.05) is 13.2 Å². The first kappa shape index (κ1) is 11.9. The number of rotatable bonds is 2. The molecule has 7 N–H and O–H groups in total. The van der Waals surface area contributed by atoms with Gasteiger partial charge in [0, 0.05) is 6.54 Å². The first-order valence-electron chi connectivity index (χ1n) is 6.21. The molecule has 3 atom stereocenters. The zero-order valence-corrected chi connectivity index (χ0v) is 10.3. The summed E-state index contributed by atoms with van der Waals surface area (Å²) >= 11 is 0. The Kier molecular flexibility index (Phi) is 2.44. The number of primary amides is 1. The Morgan fingerprint density at radius 2 is 2.32 bits per heavy atom. The van der Waals surface area contributed by atoms with Gasteiger partial charge in [0.15, 0.2) is 11.9 Å². The Morgan fingerprint density at radius 1 is 1.53 bits per heavy atom. The molecule has 0 bridgehead atoms. The number of hydrogen-bond donors (Lipinski definition) is 6. The topological polar surface area (TPSA) is 139 Å². The third-order valence-corrected chi connectivity index (χ3v) is 3.98. The fourth-order valence-corrected chi connectivity index (χ4v) is 3.29. The number of carbonyl (C=O) groups is 1. The van der Waals surface area contributed by atoms with Crippen LogP contribution in [0.5, 0.6) is 0 Å². The normalized spacial score (nSPS) is 35.9. The van der Waals surface area contributed by atoms with E-state index in [1.54, 1.807) is 0 Å². The van der Waals surface area contributed by atoms with E-state index in [0.717, 1.165) is 19.4 Å². The largest absolute Gasteiger partial charge is 0.447 e. The number of hydrogen-bond acceptors (Lipinski definition) is 4. The van der Waals surface area contributed by atoms with Gasteiger partial charge < -0.3 is 31.3 Å². The second-order valence-corrected chi connectivity index (χ2v) is 5.03. The van der Waals surface area contributed by atoms with Gasteiger partial charge in [-0.2, -0.15) is 0 Å². The summed E-state index contributed by atoms with van der Waals surface area (Å²) in [6.45, 7) is 0.841. The van der Waals surface area contributed by atoms with Gasteiger partial charge in [-0.05, 0) is 12.8 Å². The molecule has 3 saturated heterocycles. The van der Waals surface area contributed by atoms with Crippen molar-refractivity contribution in [2.24, 2.45) is 5.73 Å². The lowest BCUT2D eigenvalue weighted by atomic mass is 9.90. The Morgan fingerprint density at radius 3 is 3.05 bits per heavy atom. The summed E-state index contributed by atoms with van der Waals surface area (Å²) in [5.41, 5.74) is 4.52. The lowest BCUT2D eigenvalue weighted by Gasteiger charge is -2.48. The molecule has 1 amide bonds. The summed E-state index contributed by atoms with van der Waals surface area (Å²) in [5.74, 6) is 0.522. The van der Waals surface area contributed by atoms with Gasteiger partial charge in [-0.1, -0.05) is 0 Å². The van der Waals surface area contributed by atoms with E-state index in [2.05, 4.69) is 16.0 Å². The zero-order chi connectivity index (χ0) is 13.6. The van der Waals surface area contributed by atoms with E-state index in [1.807, 2.05) is 4.90 Å². The Labute approximate surface area is 109 Å². The van der Waals surface area contributed by atoms with Crippen LogP contribution < -0.4 is 21.7 Å². The molecule has 0 aromatic rings. The molecule has 0 aromatic carbocycles. The number of guanidine groups is 2. The molecule has 9 nitrogen and oxygen atoms in total. The molecular weight excluding hydrogens is 250 g/mol. The summed E-state index contributed by atoms with van der Waals surface area (Å²) < 4.78 is 4.84. The van der Waals surface area contributed by atoms with Crippen LogP contribution in [-0.2, 0) is 4.74 Å². The van der Waals surface area contributed by atoms with E-state index in [9.17, 15) is 4.79 Å². The minimum Gasteiger partial charge on any atom is -0.447 e. The van der Waals surface area contributed by atoms with Crippen LogP contribution in [0.4, 0.5) is 4.79 Å². The van der Waals surface area contributed by atoms with Crippen molar-refractivity contribution in [3.8, 4) is 0 Å². The number of nitrogens with one attached hydrogen (secondary N) is 5. The second kappa shape index (κ2) is 3.90. The van der Waals surface area contributed by atoms with Crippen LogP contribution in [0.2, 0.25) is 0 Å². The van der Waals surface area contributed by atoms with Gasteiger partial charge >= 0.3 is 6.09 Å². The van der Waals surface area contributed by atoms with Crippen LogP contribution in [0.25, 0.3) is 0 Å². The molecule has 3 heterocycles. The molecule has 3 aliphatic rings. The summed E-state index contributed by atoms with van der Waals surface area (Å²) in [7, 11) is 0. The highest BCUT2D eigenvalue weighted by Gasteiger charge is 2.58. The van der Waals surface area contributed by atoms with Crippen LogP contribution in [0.3, 0.4) is 0 Å². The lowest BCUT2D eigenvalue weighted by Crippen LogP contribution is -2.74. The Balaban J connectivity index is 1.86. The molecule has 2 unspecified atom stereocenters. The summed E-state index contributed by atoms with van der Waals surface area (Å²) in [6.07, 6.45) is 0.952. The summed E-state index contributed by atoms with van der Waals surface area (Å²) in [5, 5.41) is 25.0. The van der Waals surface area contributed by atoms with Crippen molar-refractivity contribution < 1.29 is 9.53 Å². The molecule has 9 heteroatoms. The van der Waals surface area contributed by atoms with Crippen LogP contribution >= 0.6 is 0 Å². The maximum Gasteiger partial charge on any atom is 0.404 e. The Hall–Kier alpha value is -2.19. The molecule has 0 aliphatic carbocycles. The molecule has 3 rings (SSSR count). The highest BCUT2D eigenvalue weighted by atomic mass is 16.5. The van der Waals surface area contributed by atoms with E-state index in [1.165, 1.54) is 0 Å². The van der Waals surface area contributed by atoms with Gasteiger partial charge in [0.25, 0.3) is 0 Å². The average molecular weight is 267 g/mol. The third-order valence-electron chi connectivity index (χ3n) is 3.98. The van der Waals surface area contributed by atoms with Crippen molar-refractivity contribution in [1.29, 1.82) is 10.8 Å². The smallest absolute Gasteiger partial charge is 0.404 e. The first-order chi connectivity index (χ1) is 9.03. The monoisotopic (exact) mass is 267 g/mol. The van der Waals surface area contributed by atoms with Crippen LogP contribution in [0.1, 0.15) is 12.8 Å². The van der Waals surface area contributed by atoms with E-state index in [0.29, 0.717) is 0 Å². The molecule has 19 heavy (non-hydrogen) atoms. The fourth-order valence-electron chi connectivity index (χ4n) is 3.29. The highest BCUT2D eigenvalue weighted by Crippen LogP contribution is 2.36. The number of nitrogens with zero attached hydrogens (tertiary/aromatic N) is 1. The second-order valence-electron chi connectivity index (χ2n) is 5.03. The third kappa shape index (κ3) is 1.65. The van der Waals surface area contributed by atoms with Crippen molar-refractivity contribution in [2.45, 2.75) is 30.6 Å². The van der Waals surface area contributed by atoms with Gasteiger partial charge in [0.2, 0.25) is 0 Å². The maximum absolute atomic E-state index is 10.7. The predicted octanol–water partition coefficient (Wildman–Crippen LogP) is -1.72.